The van der Waals surface area contributed by atoms with Crippen molar-refractivity contribution in [1.29, 1.82) is 0 Å². The van der Waals surface area contributed by atoms with Crippen LogP contribution in [-0.2, 0) is 24.8 Å². The van der Waals surface area contributed by atoms with Gasteiger partial charge in [0, 0.05) is 43.8 Å². The lowest BCUT2D eigenvalue weighted by Crippen LogP contribution is -2.39. The molecule has 0 aliphatic heterocycles. The van der Waals surface area contributed by atoms with Gasteiger partial charge in [0.15, 0.2) is 9.84 Å². The molecule has 0 saturated heterocycles. The Morgan fingerprint density at radius 3 is 2.50 bits per heavy atom. The highest BCUT2D eigenvalue weighted by atomic mass is 32.2. The highest BCUT2D eigenvalue weighted by Crippen LogP contribution is 2.33. The fourth-order valence-corrected chi connectivity index (χ4v) is 6.93. The fourth-order valence-electron chi connectivity index (χ4n) is 3.69. The van der Waals surface area contributed by atoms with Gasteiger partial charge in [-0.25, -0.2) is 17.5 Å². The molecule has 0 bridgehead atoms. The molecule has 1 aromatic carbocycles. The van der Waals surface area contributed by atoms with Crippen molar-refractivity contribution >= 4 is 37.7 Å². The molecule has 32 heavy (non-hydrogen) atoms. The molecule has 0 spiro atoms. The molecule has 2 unspecified atom stereocenters. The SMILES string of the molecule is CCNC(=O)C1CCCCC1CS(=O)(=O)c1ccc(SCCNS(=O)(=O)N(C)C)c(F)c1. The highest BCUT2D eigenvalue weighted by Gasteiger charge is 2.34. The summed E-state index contributed by atoms with van der Waals surface area (Å²) in [4.78, 5) is 12.5. The van der Waals surface area contributed by atoms with Crippen LogP contribution in [0.3, 0.4) is 0 Å². The predicted molar refractivity (Wildman–Crippen MR) is 124 cm³/mol. The molecule has 1 aliphatic rings. The Balaban J connectivity index is 2.03. The monoisotopic (exact) mass is 509 g/mol. The van der Waals surface area contributed by atoms with Crippen molar-refractivity contribution in [3.05, 3.63) is 24.0 Å². The molecule has 2 rings (SSSR count). The average molecular weight is 510 g/mol. The van der Waals surface area contributed by atoms with E-state index >= 15 is 0 Å². The van der Waals surface area contributed by atoms with Gasteiger partial charge in [-0.15, -0.1) is 11.8 Å². The Kier molecular flexibility index (Phi) is 9.95. The van der Waals surface area contributed by atoms with E-state index in [1.54, 1.807) is 0 Å². The molecule has 1 fully saturated rings. The van der Waals surface area contributed by atoms with Crippen molar-refractivity contribution in [1.82, 2.24) is 14.3 Å². The van der Waals surface area contributed by atoms with Crippen molar-refractivity contribution in [2.75, 3.05) is 38.7 Å². The van der Waals surface area contributed by atoms with Gasteiger partial charge in [-0.1, -0.05) is 12.8 Å². The van der Waals surface area contributed by atoms with Crippen LogP contribution in [0.5, 0.6) is 0 Å². The van der Waals surface area contributed by atoms with Gasteiger partial charge >= 0.3 is 0 Å². The van der Waals surface area contributed by atoms with Crippen molar-refractivity contribution in [3.8, 4) is 0 Å². The maximum Gasteiger partial charge on any atom is 0.278 e. The van der Waals surface area contributed by atoms with Gasteiger partial charge in [-0.05, 0) is 43.9 Å². The van der Waals surface area contributed by atoms with Gasteiger partial charge in [0.25, 0.3) is 10.2 Å². The molecule has 12 heteroatoms. The largest absolute Gasteiger partial charge is 0.356 e. The van der Waals surface area contributed by atoms with Crippen molar-refractivity contribution in [3.63, 3.8) is 0 Å². The molecule has 8 nitrogen and oxygen atoms in total. The number of thioether (sulfide) groups is 1. The van der Waals surface area contributed by atoms with E-state index in [-0.39, 0.29) is 45.6 Å². The van der Waals surface area contributed by atoms with E-state index < -0.39 is 25.9 Å². The van der Waals surface area contributed by atoms with Gasteiger partial charge in [-0.3, -0.25) is 4.79 Å². The standard InChI is InChI=1S/C20H32FN3O5S3/c1-4-22-20(25)17-8-6-5-7-15(17)14-31(26,27)16-9-10-19(18(21)13-16)30-12-11-23-32(28,29)24(2)3/h9-10,13,15,17,23H,4-8,11-12,14H2,1-3H3,(H,22,25). The zero-order chi connectivity index (χ0) is 23.9. The third-order valence-corrected chi connectivity index (χ3v) is 9.84. The second-order valence-electron chi connectivity index (χ2n) is 7.95. The van der Waals surface area contributed by atoms with Gasteiger partial charge in [0.2, 0.25) is 5.91 Å². The van der Waals surface area contributed by atoms with Crippen LogP contribution in [0.25, 0.3) is 0 Å². The van der Waals surface area contributed by atoms with Crippen LogP contribution in [0.1, 0.15) is 32.6 Å². The van der Waals surface area contributed by atoms with Crippen LogP contribution < -0.4 is 10.0 Å². The molecule has 0 aromatic heterocycles. The molecule has 1 aromatic rings. The van der Waals surface area contributed by atoms with E-state index in [2.05, 4.69) is 10.0 Å². The third-order valence-electron chi connectivity index (χ3n) is 5.42. The summed E-state index contributed by atoms with van der Waals surface area (Å²) in [6, 6.07) is 3.77. The normalized spacial score (nSPS) is 19.8. The number of nitrogens with one attached hydrogen (secondary N) is 2. The number of carbonyl (C=O) groups excluding carboxylic acids is 1. The minimum Gasteiger partial charge on any atom is -0.356 e. The molecule has 1 aliphatic carbocycles. The van der Waals surface area contributed by atoms with Crippen molar-refractivity contribution in [2.24, 2.45) is 11.8 Å². The summed E-state index contributed by atoms with van der Waals surface area (Å²) >= 11 is 1.10. The van der Waals surface area contributed by atoms with Crippen LogP contribution in [0.15, 0.2) is 28.0 Å². The summed E-state index contributed by atoms with van der Waals surface area (Å²) in [7, 11) is -4.50. The lowest BCUT2D eigenvalue weighted by molar-refractivity contribution is -0.127. The lowest BCUT2D eigenvalue weighted by atomic mass is 9.80. The van der Waals surface area contributed by atoms with E-state index in [0.717, 1.165) is 35.0 Å². The number of nitrogens with zero attached hydrogens (tertiary/aromatic N) is 1. The first-order valence-corrected chi connectivity index (χ1v) is 14.7. The number of hydrogen-bond donors (Lipinski definition) is 2. The summed E-state index contributed by atoms with van der Waals surface area (Å²) in [5, 5.41) is 2.79. The molecule has 0 radical (unpaired) electrons. The predicted octanol–water partition coefficient (Wildman–Crippen LogP) is 2.03. The molecule has 1 amide bonds. The molecule has 2 N–H and O–H groups in total. The number of amides is 1. The number of halogens is 1. The van der Waals surface area contributed by atoms with Crippen LogP contribution in [0.4, 0.5) is 4.39 Å². The van der Waals surface area contributed by atoms with Gasteiger partial charge in [0.05, 0.1) is 10.6 Å². The molecule has 1 saturated carbocycles. The molecule has 2 atom stereocenters. The Hall–Kier alpha value is -1.21. The number of benzene rings is 1. The smallest absolute Gasteiger partial charge is 0.278 e. The Labute approximate surface area is 194 Å². The van der Waals surface area contributed by atoms with E-state index in [1.165, 1.54) is 26.2 Å². The fraction of sp³-hybridized carbons (Fsp3) is 0.650. The zero-order valence-corrected chi connectivity index (χ0v) is 21.1. The van der Waals surface area contributed by atoms with Crippen molar-refractivity contribution in [2.45, 2.75) is 42.4 Å². The van der Waals surface area contributed by atoms with Crippen molar-refractivity contribution < 1.29 is 26.0 Å². The van der Waals surface area contributed by atoms with Crippen LogP contribution in [-0.4, -0.2) is 65.7 Å². The first kappa shape index (κ1) is 27.0. The molecule has 182 valence electrons. The van der Waals surface area contributed by atoms with Crippen LogP contribution >= 0.6 is 11.8 Å². The third kappa shape index (κ3) is 7.41. The summed E-state index contributed by atoms with van der Waals surface area (Å²) in [5.41, 5.74) is 0. The summed E-state index contributed by atoms with van der Waals surface area (Å²) in [6.45, 7) is 2.43. The van der Waals surface area contributed by atoms with Gasteiger partial charge in [0.1, 0.15) is 5.82 Å². The van der Waals surface area contributed by atoms with Crippen LogP contribution in [0.2, 0.25) is 0 Å². The number of rotatable bonds is 11. The summed E-state index contributed by atoms with van der Waals surface area (Å²) in [6.07, 6.45) is 3.08. The molecular formula is C20H32FN3O5S3. The molecular weight excluding hydrogens is 477 g/mol. The van der Waals surface area contributed by atoms with E-state index in [9.17, 15) is 26.0 Å². The lowest BCUT2D eigenvalue weighted by Gasteiger charge is -2.30. The van der Waals surface area contributed by atoms with Crippen LogP contribution in [0, 0.1) is 17.7 Å². The summed E-state index contributed by atoms with van der Waals surface area (Å²) in [5.74, 6) is -1.32. The highest BCUT2D eigenvalue weighted by molar-refractivity contribution is 7.99. The Morgan fingerprint density at radius 2 is 1.88 bits per heavy atom. The zero-order valence-electron chi connectivity index (χ0n) is 18.6. The van der Waals surface area contributed by atoms with E-state index in [4.69, 9.17) is 0 Å². The average Bonchev–Trinajstić information content (AvgIpc) is 2.72. The maximum atomic E-state index is 14.6. The minimum absolute atomic E-state index is 0.104. The number of sulfone groups is 1. The first-order chi connectivity index (χ1) is 15.0. The minimum atomic E-state index is -3.76. The number of carbonyl (C=O) groups is 1. The van der Waals surface area contributed by atoms with E-state index in [0.29, 0.717) is 19.4 Å². The topological polar surface area (TPSA) is 113 Å². The summed E-state index contributed by atoms with van der Waals surface area (Å²) < 4.78 is 67.2. The van der Waals surface area contributed by atoms with Gasteiger partial charge in [-0.2, -0.15) is 12.7 Å². The second-order valence-corrected chi connectivity index (χ2v) is 13.1. The molecule has 0 heterocycles. The van der Waals surface area contributed by atoms with E-state index in [1.807, 2.05) is 6.92 Å². The Bertz CT molecular complexity index is 1000. The first-order valence-electron chi connectivity index (χ1n) is 10.6. The number of hydrogen-bond acceptors (Lipinski definition) is 6. The quantitative estimate of drug-likeness (QED) is 0.349. The second kappa shape index (κ2) is 11.8. The Morgan fingerprint density at radius 1 is 1.19 bits per heavy atom. The van der Waals surface area contributed by atoms with Gasteiger partial charge < -0.3 is 5.32 Å². The maximum absolute atomic E-state index is 14.6.